The zero-order valence-electron chi connectivity index (χ0n) is 6.16. The molecular formula is C8H6ClN3. The molecular weight excluding hydrogens is 174 g/mol. The molecule has 0 saturated heterocycles. The van der Waals surface area contributed by atoms with Crippen molar-refractivity contribution in [3.05, 3.63) is 35.7 Å². The van der Waals surface area contributed by atoms with Gasteiger partial charge in [-0.1, -0.05) is 17.7 Å². The number of nitrogens with one attached hydrogen (secondary N) is 1. The first-order valence-electron chi connectivity index (χ1n) is 3.48. The zero-order valence-corrected chi connectivity index (χ0v) is 6.92. The number of halogens is 1. The van der Waals surface area contributed by atoms with Crippen LogP contribution in [0.25, 0.3) is 11.3 Å². The average molecular weight is 180 g/mol. The Morgan fingerprint density at radius 2 is 2.25 bits per heavy atom. The molecule has 2 rings (SSSR count). The highest BCUT2D eigenvalue weighted by Crippen LogP contribution is 2.16. The normalized spacial score (nSPS) is 10.1. The van der Waals surface area contributed by atoms with Gasteiger partial charge in [0.25, 0.3) is 0 Å². The van der Waals surface area contributed by atoms with E-state index in [-0.39, 0.29) is 0 Å². The van der Waals surface area contributed by atoms with E-state index >= 15 is 0 Å². The molecule has 2 heterocycles. The summed E-state index contributed by atoms with van der Waals surface area (Å²) in [5.41, 5.74) is 1.77. The summed E-state index contributed by atoms with van der Waals surface area (Å²) in [6.07, 6.45) is 3.48. The van der Waals surface area contributed by atoms with Gasteiger partial charge in [0.05, 0.1) is 11.9 Å². The fourth-order valence-corrected chi connectivity index (χ4v) is 1.12. The average Bonchev–Trinajstić information content (AvgIpc) is 2.56. The van der Waals surface area contributed by atoms with Crippen LogP contribution >= 0.6 is 11.6 Å². The van der Waals surface area contributed by atoms with Crippen LogP contribution in [0, 0.1) is 0 Å². The number of aromatic amines is 1. The Labute approximate surface area is 74.4 Å². The first-order valence-corrected chi connectivity index (χ1v) is 3.86. The van der Waals surface area contributed by atoms with Gasteiger partial charge >= 0.3 is 0 Å². The summed E-state index contributed by atoms with van der Waals surface area (Å²) in [4.78, 5) is 4.12. The van der Waals surface area contributed by atoms with Crippen LogP contribution in [0.5, 0.6) is 0 Å². The van der Waals surface area contributed by atoms with E-state index in [0.717, 1.165) is 11.3 Å². The highest BCUT2D eigenvalue weighted by atomic mass is 35.5. The third-order valence-electron chi connectivity index (χ3n) is 1.51. The minimum absolute atomic E-state index is 0.494. The van der Waals surface area contributed by atoms with Gasteiger partial charge in [-0.05, 0) is 12.1 Å². The van der Waals surface area contributed by atoms with Crippen molar-refractivity contribution in [3.8, 4) is 11.3 Å². The van der Waals surface area contributed by atoms with E-state index in [1.54, 1.807) is 18.5 Å². The number of pyridine rings is 1. The summed E-state index contributed by atoms with van der Waals surface area (Å²) in [6.45, 7) is 0. The largest absolute Gasteiger partial charge is 0.285 e. The van der Waals surface area contributed by atoms with E-state index in [0.29, 0.717) is 5.15 Å². The number of hydrogen-bond acceptors (Lipinski definition) is 2. The van der Waals surface area contributed by atoms with E-state index in [1.807, 2.05) is 12.1 Å². The smallest absolute Gasteiger partial charge is 0.129 e. The highest BCUT2D eigenvalue weighted by Gasteiger charge is 1.99. The van der Waals surface area contributed by atoms with Crippen molar-refractivity contribution in [2.24, 2.45) is 0 Å². The number of aromatic nitrogens is 3. The van der Waals surface area contributed by atoms with E-state index in [1.165, 1.54) is 0 Å². The van der Waals surface area contributed by atoms with Crippen molar-refractivity contribution < 1.29 is 0 Å². The highest BCUT2D eigenvalue weighted by molar-refractivity contribution is 6.29. The molecule has 0 radical (unpaired) electrons. The molecule has 1 N–H and O–H groups in total. The molecule has 0 saturated carbocycles. The summed E-state index contributed by atoms with van der Waals surface area (Å²) in [7, 11) is 0. The van der Waals surface area contributed by atoms with Gasteiger partial charge in [-0.3, -0.25) is 5.10 Å². The zero-order chi connectivity index (χ0) is 8.39. The van der Waals surface area contributed by atoms with Crippen molar-refractivity contribution >= 4 is 11.6 Å². The second-order valence-corrected chi connectivity index (χ2v) is 2.72. The van der Waals surface area contributed by atoms with Gasteiger partial charge in [0.15, 0.2) is 0 Å². The van der Waals surface area contributed by atoms with Crippen molar-refractivity contribution in [1.29, 1.82) is 0 Å². The minimum Gasteiger partial charge on any atom is -0.285 e. The van der Waals surface area contributed by atoms with Crippen LogP contribution in [0.1, 0.15) is 0 Å². The predicted octanol–water partition coefficient (Wildman–Crippen LogP) is 2.13. The Bertz CT molecular complexity index is 370. The predicted molar refractivity (Wildman–Crippen MR) is 46.8 cm³/mol. The topological polar surface area (TPSA) is 41.6 Å². The molecule has 2 aromatic heterocycles. The molecule has 0 bridgehead atoms. The van der Waals surface area contributed by atoms with Crippen molar-refractivity contribution in [1.82, 2.24) is 15.2 Å². The lowest BCUT2D eigenvalue weighted by Crippen LogP contribution is -1.80. The molecule has 0 aliphatic heterocycles. The van der Waals surface area contributed by atoms with Crippen LogP contribution in [0.3, 0.4) is 0 Å². The first kappa shape index (κ1) is 7.31. The van der Waals surface area contributed by atoms with Gasteiger partial charge in [0, 0.05) is 11.8 Å². The summed E-state index contributed by atoms with van der Waals surface area (Å²) in [6, 6.07) is 5.49. The van der Waals surface area contributed by atoms with Crippen LogP contribution in [-0.4, -0.2) is 15.2 Å². The van der Waals surface area contributed by atoms with Crippen LogP contribution in [0.15, 0.2) is 30.6 Å². The maximum Gasteiger partial charge on any atom is 0.129 e. The van der Waals surface area contributed by atoms with Gasteiger partial charge in [-0.2, -0.15) is 5.10 Å². The molecule has 0 aliphatic rings. The maximum absolute atomic E-state index is 5.72. The molecule has 2 aromatic rings. The molecule has 0 atom stereocenters. The van der Waals surface area contributed by atoms with Gasteiger partial charge in [-0.15, -0.1) is 0 Å². The van der Waals surface area contributed by atoms with Crippen molar-refractivity contribution in [3.63, 3.8) is 0 Å². The lowest BCUT2D eigenvalue weighted by atomic mass is 10.2. The monoisotopic (exact) mass is 179 g/mol. The molecule has 60 valence electrons. The van der Waals surface area contributed by atoms with Gasteiger partial charge in [0.1, 0.15) is 5.15 Å². The Morgan fingerprint density at radius 3 is 2.92 bits per heavy atom. The SMILES string of the molecule is Clc1cccc(-c2cn[nH]c2)n1. The Kier molecular flexibility index (Phi) is 1.80. The summed E-state index contributed by atoms with van der Waals surface area (Å²) in [5.74, 6) is 0. The van der Waals surface area contributed by atoms with Crippen molar-refractivity contribution in [2.45, 2.75) is 0 Å². The fourth-order valence-electron chi connectivity index (χ4n) is 0.960. The summed E-state index contributed by atoms with van der Waals surface area (Å²) < 4.78 is 0. The van der Waals surface area contributed by atoms with Gasteiger partial charge in [0.2, 0.25) is 0 Å². The quantitative estimate of drug-likeness (QED) is 0.682. The molecule has 12 heavy (non-hydrogen) atoms. The number of H-pyrrole nitrogens is 1. The summed E-state index contributed by atoms with van der Waals surface area (Å²) in [5, 5.41) is 7.03. The molecule has 4 heteroatoms. The van der Waals surface area contributed by atoms with Crippen LogP contribution in [0.2, 0.25) is 5.15 Å². The van der Waals surface area contributed by atoms with Crippen molar-refractivity contribution in [2.75, 3.05) is 0 Å². The number of nitrogens with zero attached hydrogens (tertiary/aromatic N) is 2. The lowest BCUT2D eigenvalue weighted by Gasteiger charge is -1.94. The number of hydrogen-bond donors (Lipinski definition) is 1. The fraction of sp³-hybridized carbons (Fsp3) is 0. The van der Waals surface area contributed by atoms with Gasteiger partial charge < -0.3 is 0 Å². The molecule has 0 spiro atoms. The molecule has 0 unspecified atom stereocenters. The van der Waals surface area contributed by atoms with Gasteiger partial charge in [-0.25, -0.2) is 4.98 Å². The molecule has 0 aliphatic carbocycles. The van der Waals surface area contributed by atoms with Crippen LogP contribution in [0.4, 0.5) is 0 Å². The Balaban J connectivity index is 2.48. The van der Waals surface area contributed by atoms with E-state index in [9.17, 15) is 0 Å². The second kappa shape index (κ2) is 2.95. The summed E-state index contributed by atoms with van der Waals surface area (Å²) >= 11 is 5.72. The number of rotatable bonds is 1. The molecule has 0 amide bonds. The standard InChI is InChI=1S/C8H6ClN3/c9-8-3-1-2-7(12-8)6-4-10-11-5-6/h1-5H,(H,10,11). The van der Waals surface area contributed by atoms with E-state index in [4.69, 9.17) is 11.6 Å². The first-order chi connectivity index (χ1) is 5.86. The third-order valence-corrected chi connectivity index (χ3v) is 1.72. The second-order valence-electron chi connectivity index (χ2n) is 2.33. The van der Waals surface area contributed by atoms with Crippen LogP contribution < -0.4 is 0 Å². The van der Waals surface area contributed by atoms with Crippen LogP contribution in [-0.2, 0) is 0 Å². The Morgan fingerprint density at radius 1 is 1.33 bits per heavy atom. The van der Waals surface area contributed by atoms with E-state index < -0.39 is 0 Å². The minimum atomic E-state index is 0.494. The molecule has 3 nitrogen and oxygen atoms in total. The Hall–Kier alpha value is -1.35. The third kappa shape index (κ3) is 1.31. The maximum atomic E-state index is 5.72. The molecule has 0 aromatic carbocycles. The van der Waals surface area contributed by atoms with E-state index in [2.05, 4.69) is 15.2 Å². The lowest BCUT2D eigenvalue weighted by molar-refractivity contribution is 1.09. The molecule has 0 fully saturated rings.